The summed E-state index contributed by atoms with van der Waals surface area (Å²) >= 11 is 0. The number of hydrogen-bond donors (Lipinski definition) is 2. The van der Waals surface area contributed by atoms with Crippen molar-refractivity contribution in [2.75, 3.05) is 38.0 Å². The molecule has 1 atom stereocenters. The van der Waals surface area contributed by atoms with Crippen LogP contribution in [0.5, 0.6) is 0 Å². The Kier molecular flexibility index (Phi) is 7.83. The van der Waals surface area contributed by atoms with E-state index in [1.54, 1.807) is 9.80 Å². The van der Waals surface area contributed by atoms with E-state index in [-0.39, 0.29) is 30.0 Å². The zero-order chi connectivity index (χ0) is 22.5. The van der Waals surface area contributed by atoms with E-state index in [9.17, 15) is 27.6 Å². The van der Waals surface area contributed by atoms with Crippen LogP contribution in [0, 0.1) is 5.92 Å². The van der Waals surface area contributed by atoms with Crippen LogP contribution in [0.3, 0.4) is 0 Å². The van der Waals surface area contributed by atoms with Gasteiger partial charge >= 0.3 is 6.18 Å². The van der Waals surface area contributed by atoms with E-state index < -0.39 is 23.7 Å². The molecule has 30 heavy (non-hydrogen) atoms. The Morgan fingerprint density at radius 1 is 1.07 bits per heavy atom. The molecule has 1 fully saturated rings. The highest BCUT2D eigenvalue weighted by Crippen LogP contribution is 2.34. The zero-order valence-electron chi connectivity index (χ0n) is 17.3. The molecule has 166 valence electrons. The Morgan fingerprint density at radius 2 is 1.67 bits per heavy atom. The highest BCUT2D eigenvalue weighted by molar-refractivity contribution is 5.93. The molecule has 0 spiro atoms. The molecule has 10 heteroatoms. The van der Waals surface area contributed by atoms with Crippen molar-refractivity contribution in [3.8, 4) is 0 Å². The molecule has 1 aliphatic heterocycles. The van der Waals surface area contributed by atoms with Gasteiger partial charge in [0.15, 0.2) is 0 Å². The third kappa shape index (κ3) is 6.45. The molecular weight excluding hydrogens is 401 g/mol. The lowest BCUT2D eigenvalue weighted by Crippen LogP contribution is -2.56. The van der Waals surface area contributed by atoms with Gasteiger partial charge < -0.3 is 15.5 Å². The van der Waals surface area contributed by atoms with Crippen molar-refractivity contribution in [1.82, 2.24) is 15.1 Å². The van der Waals surface area contributed by atoms with Crippen molar-refractivity contribution in [1.29, 1.82) is 0 Å². The smallest absolute Gasteiger partial charge is 0.344 e. The summed E-state index contributed by atoms with van der Waals surface area (Å²) in [4.78, 5) is 39.7. The third-order valence-corrected chi connectivity index (χ3v) is 4.85. The summed E-state index contributed by atoms with van der Waals surface area (Å²) in [5.74, 6) is -1.08. The molecule has 0 aliphatic carbocycles. The van der Waals surface area contributed by atoms with E-state index >= 15 is 0 Å². The first-order valence-electron chi connectivity index (χ1n) is 9.73. The second-order valence-corrected chi connectivity index (χ2v) is 7.62. The van der Waals surface area contributed by atoms with E-state index in [1.807, 2.05) is 13.8 Å². The minimum atomic E-state index is -4.56. The molecule has 0 saturated carbocycles. The van der Waals surface area contributed by atoms with Gasteiger partial charge in [-0.2, -0.15) is 13.2 Å². The number of alkyl halides is 3. The van der Waals surface area contributed by atoms with Gasteiger partial charge in [0.05, 0.1) is 17.8 Å². The number of carbonyl (C=O) groups excluding carboxylic acids is 3. The number of hydrogen-bond acceptors (Lipinski definition) is 4. The monoisotopic (exact) mass is 428 g/mol. The summed E-state index contributed by atoms with van der Waals surface area (Å²) in [6.07, 6.45) is -4.56. The van der Waals surface area contributed by atoms with Gasteiger partial charge in [0.25, 0.3) is 0 Å². The van der Waals surface area contributed by atoms with Gasteiger partial charge in [-0.05, 0) is 18.1 Å². The fraction of sp³-hybridized carbons (Fsp3) is 0.550. The van der Waals surface area contributed by atoms with Gasteiger partial charge in [0, 0.05) is 33.1 Å². The van der Waals surface area contributed by atoms with Crippen LogP contribution in [0.25, 0.3) is 0 Å². The van der Waals surface area contributed by atoms with Gasteiger partial charge in [0.1, 0.15) is 6.04 Å². The first-order valence-corrected chi connectivity index (χ1v) is 9.73. The summed E-state index contributed by atoms with van der Waals surface area (Å²) < 4.78 is 39.2. The van der Waals surface area contributed by atoms with Gasteiger partial charge in [-0.3, -0.25) is 19.3 Å². The first kappa shape index (κ1) is 23.7. The number of rotatable bonds is 6. The van der Waals surface area contributed by atoms with Crippen LogP contribution in [0.4, 0.5) is 18.9 Å². The average molecular weight is 428 g/mol. The Balaban J connectivity index is 1.90. The Bertz CT molecular complexity index is 775. The van der Waals surface area contributed by atoms with Crippen LogP contribution >= 0.6 is 0 Å². The molecule has 2 N–H and O–H groups in total. The van der Waals surface area contributed by atoms with Crippen molar-refractivity contribution in [2.45, 2.75) is 33.0 Å². The molecule has 3 amide bonds. The quantitative estimate of drug-likeness (QED) is 0.726. The number of halogens is 3. The van der Waals surface area contributed by atoms with Crippen LogP contribution in [-0.4, -0.2) is 66.3 Å². The second-order valence-electron chi connectivity index (χ2n) is 7.62. The van der Waals surface area contributed by atoms with Gasteiger partial charge in [-0.25, -0.2) is 0 Å². The standard InChI is InChI=1S/C20H27F3N4O3/c1-13(2)18(24-14(3)28)19(30)27-10-8-26(9-11-27)12-17(29)25-16-7-5-4-6-15(16)20(21,22)23/h4-7,13,18H,8-12H2,1-3H3,(H,24,28)(H,25,29). The second kappa shape index (κ2) is 9.92. The topological polar surface area (TPSA) is 81.8 Å². The number of nitrogens with one attached hydrogen (secondary N) is 2. The van der Waals surface area contributed by atoms with Gasteiger partial charge in [-0.15, -0.1) is 0 Å². The van der Waals surface area contributed by atoms with Crippen molar-refractivity contribution in [3.63, 3.8) is 0 Å². The number of piperazine rings is 1. The number of nitrogens with zero attached hydrogens (tertiary/aromatic N) is 2. The zero-order valence-corrected chi connectivity index (χ0v) is 17.3. The number of anilines is 1. The van der Waals surface area contributed by atoms with E-state index in [2.05, 4.69) is 10.6 Å². The molecule has 2 rings (SSSR count). The van der Waals surface area contributed by atoms with Gasteiger partial charge in [-0.1, -0.05) is 26.0 Å². The maximum absolute atomic E-state index is 13.1. The molecule has 7 nitrogen and oxygen atoms in total. The minimum absolute atomic E-state index is 0.0705. The minimum Gasteiger partial charge on any atom is -0.344 e. The molecule has 0 aromatic heterocycles. The largest absolute Gasteiger partial charge is 0.418 e. The lowest BCUT2D eigenvalue weighted by Gasteiger charge is -2.37. The third-order valence-electron chi connectivity index (χ3n) is 4.85. The number of carbonyl (C=O) groups is 3. The normalized spacial score (nSPS) is 16.3. The summed E-state index contributed by atoms with van der Waals surface area (Å²) in [7, 11) is 0. The summed E-state index contributed by atoms with van der Waals surface area (Å²) in [5, 5.41) is 4.99. The number of amides is 3. The highest BCUT2D eigenvalue weighted by atomic mass is 19.4. The summed E-state index contributed by atoms with van der Waals surface area (Å²) in [5.41, 5.74) is -1.18. The van der Waals surface area contributed by atoms with Crippen LogP contribution in [-0.2, 0) is 20.6 Å². The molecule has 0 radical (unpaired) electrons. The maximum atomic E-state index is 13.1. The van der Waals surface area contributed by atoms with Crippen molar-refractivity contribution in [2.24, 2.45) is 5.92 Å². The highest BCUT2D eigenvalue weighted by Gasteiger charge is 2.34. The van der Waals surface area contributed by atoms with Crippen molar-refractivity contribution < 1.29 is 27.6 Å². The Labute approximate surface area is 173 Å². The molecule has 1 aromatic carbocycles. The predicted molar refractivity (Wildman–Crippen MR) is 106 cm³/mol. The first-order chi connectivity index (χ1) is 14.0. The molecule has 0 bridgehead atoms. The molecule has 1 unspecified atom stereocenters. The summed E-state index contributed by atoms with van der Waals surface area (Å²) in [6, 6.07) is 4.21. The SMILES string of the molecule is CC(=O)NC(C(=O)N1CCN(CC(=O)Nc2ccccc2C(F)(F)F)CC1)C(C)C. The van der Waals surface area contributed by atoms with Crippen molar-refractivity contribution in [3.05, 3.63) is 29.8 Å². The fourth-order valence-electron chi connectivity index (χ4n) is 3.29. The van der Waals surface area contributed by atoms with E-state index in [4.69, 9.17) is 0 Å². The number of benzene rings is 1. The Hall–Kier alpha value is -2.62. The van der Waals surface area contributed by atoms with Crippen LogP contribution in [0.2, 0.25) is 0 Å². The van der Waals surface area contributed by atoms with Crippen LogP contribution < -0.4 is 10.6 Å². The molecule has 1 aromatic rings. The van der Waals surface area contributed by atoms with E-state index in [0.717, 1.165) is 6.07 Å². The molecular formula is C20H27F3N4O3. The van der Waals surface area contributed by atoms with Crippen LogP contribution in [0.15, 0.2) is 24.3 Å². The maximum Gasteiger partial charge on any atom is 0.418 e. The van der Waals surface area contributed by atoms with E-state index in [1.165, 1.54) is 25.1 Å². The lowest BCUT2D eigenvalue weighted by molar-refractivity contribution is -0.139. The van der Waals surface area contributed by atoms with Crippen LogP contribution in [0.1, 0.15) is 26.3 Å². The molecule has 1 saturated heterocycles. The summed E-state index contributed by atoms with van der Waals surface area (Å²) in [6.45, 7) is 6.53. The average Bonchev–Trinajstić information content (AvgIpc) is 2.65. The lowest BCUT2D eigenvalue weighted by atomic mass is 10.0. The molecule has 1 heterocycles. The fourth-order valence-corrected chi connectivity index (χ4v) is 3.29. The number of para-hydroxylation sites is 1. The Morgan fingerprint density at radius 3 is 2.20 bits per heavy atom. The van der Waals surface area contributed by atoms with Gasteiger partial charge in [0.2, 0.25) is 17.7 Å². The predicted octanol–water partition coefficient (Wildman–Crippen LogP) is 1.95. The molecule has 1 aliphatic rings. The van der Waals surface area contributed by atoms with E-state index in [0.29, 0.717) is 26.2 Å². The van der Waals surface area contributed by atoms with Crippen molar-refractivity contribution >= 4 is 23.4 Å².